The van der Waals surface area contributed by atoms with Crippen LogP contribution in [0.5, 0.6) is 0 Å². The highest BCUT2D eigenvalue weighted by Crippen LogP contribution is 2.35. The Morgan fingerprint density at radius 2 is 2.05 bits per heavy atom. The molecule has 0 amide bonds. The standard InChI is InChI=1S/C17H26N2O/c1-13(18)10-16-11-15-4-2-3-5-17(15)19(16)12-14-6-8-20-9-7-14/h2-5,13-14,16H,6-12,18H2,1H3. The molecule has 0 bridgehead atoms. The molecular formula is C17H26N2O. The van der Waals surface area contributed by atoms with Crippen molar-refractivity contribution in [2.75, 3.05) is 24.7 Å². The normalized spacial score (nSPS) is 24.7. The maximum atomic E-state index is 6.06. The highest BCUT2D eigenvalue weighted by Gasteiger charge is 2.31. The fourth-order valence-corrected chi connectivity index (χ4v) is 3.62. The molecule has 20 heavy (non-hydrogen) atoms. The predicted octanol–water partition coefficient (Wildman–Crippen LogP) is 2.58. The van der Waals surface area contributed by atoms with Crippen molar-refractivity contribution in [2.45, 2.75) is 44.7 Å². The first-order valence-corrected chi connectivity index (χ1v) is 7.92. The van der Waals surface area contributed by atoms with E-state index in [1.165, 1.54) is 24.1 Å². The third kappa shape index (κ3) is 2.99. The first-order chi connectivity index (χ1) is 9.74. The molecule has 0 saturated carbocycles. The second kappa shape index (κ2) is 6.15. The van der Waals surface area contributed by atoms with Crippen LogP contribution in [0, 0.1) is 5.92 Å². The topological polar surface area (TPSA) is 38.5 Å². The van der Waals surface area contributed by atoms with Crippen LogP contribution < -0.4 is 10.6 Å². The van der Waals surface area contributed by atoms with Crippen molar-refractivity contribution in [1.82, 2.24) is 0 Å². The van der Waals surface area contributed by atoms with Gasteiger partial charge in [-0.05, 0) is 50.2 Å². The second-order valence-electron chi connectivity index (χ2n) is 6.41. The van der Waals surface area contributed by atoms with Crippen LogP contribution in [0.3, 0.4) is 0 Å². The molecule has 1 saturated heterocycles. The second-order valence-corrected chi connectivity index (χ2v) is 6.41. The zero-order chi connectivity index (χ0) is 13.9. The van der Waals surface area contributed by atoms with E-state index in [1.54, 1.807) is 0 Å². The van der Waals surface area contributed by atoms with Crippen LogP contribution in [0.1, 0.15) is 31.7 Å². The van der Waals surface area contributed by atoms with E-state index in [0.717, 1.165) is 38.5 Å². The van der Waals surface area contributed by atoms with Gasteiger partial charge >= 0.3 is 0 Å². The lowest BCUT2D eigenvalue weighted by molar-refractivity contribution is 0.0677. The molecular weight excluding hydrogens is 248 g/mol. The van der Waals surface area contributed by atoms with E-state index in [4.69, 9.17) is 10.5 Å². The third-order valence-corrected chi connectivity index (χ3v) is 4.64. The van der Waals surface area contributed by atoms with E-state index in [-0.39, 0.29) is 6.04 Å². The minimum Gasteiger partial charge on any atom is -0.381 e. The minimum absolute atomic E-state index is 0.270. The van der Waals surface area contributed by atoms with Crippen molar-refractivity contribution in [3.63, 3.8) is 0 Å². The van der Waals surface area contributed by atoms with Crippen LogP contribution >= 0.6 is 0 Å². The van der Waals surface area contributed by atoms with Crippen LogP contribution in [-0.4, -0.2) is 31.8 Å². The maximum Gasteiger partial charge on any atom is 0.0469 e. The van der Waals surface area contributed by atoms with Crippen LogP contribution in [0.25, 0.3) is 0 Å². The Balaban J connectivity index is 1.75. The highest BCUT2D eigenvalue weighted by atomic mass is 16.5. The monoisotopic (exact) mass is 274 g/mol. The Morgan fingerprint density at radius 1 is 1.30 bits per heavy atom. The Morgan fingerprint density at radius 3 is 2.80 bits per heavy atom. The Hall–Kier alpha value is -1.06. The Labute approximate surface area is 122 Å². The quantitative estimate of drug-likeness (QED) is 0.917. The molecule has 2 aliphatic heterocycles. The first kappa shape index (κ1) is 13.9. The molecule has 2 unspecified atom stereocenters. The molecule has 2 N–H and O–H groups in total. The average molecular weight is 274 g/mol. The van der Waals surface area contributed by atoms with Crippen molar-refractivity contribution < 1.29 is 4.74 Å². The van der Waals surface area contributed by atoms with Gasteiger partial charge in [-0.3, -0.25) is 0 Å². The number of hydrogen-bond acceptors (Lipinski definition) is 3. The van der Waals surface area contributed by atoms with E-state index in [0.29, 0.717) is 6.04 Å². The molecule has 1 fully saturated rings. The number of benzene rings is 1. The van der Waals surface area contributed by atoms with E-state index >= 15 is 0 Å². The van der Waals surface area contributed by atoms with Crippen LogP contribution in [0.4, 0.5) is 5.69 Å². The van der Waals surface area contributed by atoms with Gasteiger partial charge in [0.25, 0.3) is 0 Å². The predicted molar refractivity (Wildman–Crippen MR) is 83.1 cm³/mol. The summed E-state index contributed by atoms with van der Waals surface area (Å²) in [6.45, 7) is 5.14. The molecule has 1 aromatic carbocycles. The lowest BCUT2D eigenvalue weighted by Crippen LogP contribution is -2.40. The number of nitrogens with zero attached hydrogens (tertiary/aromatic N) is 1. The molecule has 2 heterocycles. The van der Waals surface area contributed by atoms with Crippen molar-refractivity contribution in [3.8, 4) is 0 Å². The number of hydrogen-bond donors (Lipinski definition) is 1. The Kier molecular flexibility index (Phi) is 4.27. The van der Waals surface area contributed by atoms with Gasteiger partial charge in [0.15, 0.2) is 0 Å². The lowest BCUT2D eigenvalue weighted by Gasteiger charge is -2.34. The largest absolute Gasteiger partial charge is 0.381 e. The number of nitrogens with two attached hydrogens (primary N) is 1. The van der Waals surface area contributed by atoms with E-state index in [1.807, 2.05) is 0 Å². The van der Waals surface area contributed by atoms with Gasteiger partial charge in [-0.2, -0.15) is 0 Å². The highest BCUT2D eigenvalue weighted by molar-refractivity contribution is 5.59. The van der Waals surface area contributed by atoms with Gasteiger partial charge in [0.2, 0.25) is 0 Å². The summed E-state index contributed by atoms with van der Waals surface area (Å²) in [6, 6.07) is 9.70. The van der Waals surface area contributed by atoms with Crippen molar-refractivity contribution in [3.05, 3.63) is 29.8 Å². The van der Waals surface area contributed by atoms with Crippen LogP contribution in [-0.2, 0) is 11.2 Å². The molecule has 1 aromatic rings. The molecule has 3 rings (SSSR count). The number of ether oxygens (including phenoxy) is 1. The summed E-state index contributed by atoms with van der Waals surface area (Å²) in [5.41, 5.74) is 8.98. The number of fused-ring (bicyclic) bond motifs is 1. The molecule has 2 aliphatic rings. The minimum atomic E-state index is 0.270. The number of rotatable bonds is 4. The smallest absolute Gasteiger partial charge is 0.0469 e. The van der Waals surface area contributed by atoms with Gasteiger partial charge in [-0.1, -0.05) is 18.2 Å². The SMILES string of the molecule is CC(N)CC1Cc2ccccc2N1CC1CCOCC1. The molecule has 3 heteroatoms. The summed E-state index contributed by atoms with van der Waals surface area (Å²) >= 11 is 0. The van der Waals surface area contributed by atoms with Crippen LogP contribution in [0.15, 0.2) is 24.3 Å². The molecule has 0 aromatic heterocycles. The van der Waals surface area contributed by atoms with Gasteiger partial charge < -0.3 is 15.4 Å². The number of anilines is 1. The van der Waals surface area contributed by atoms with Gasteiger partial charge in [0.05, 0.1) is 0 Å². The summed E-state index contributed by atoms with van der Waals surface area (Å²) in [5, 5.41) is 0. The van der Waals surface area contributed by atoms with Crippen LogP contribution in [0.2, 0.25) is 0 Å². The number of para-hydroxylation sites is 1. The molecule has 0 spiro atoms. The molecule has 0 radical (unpaired) electrons. The summed E-state index contributed by atoms with van der Waals surface area (Å²) in [5.74, 6) is 0.769. The molecule has 110 valence electrons. The van der Waals surface area contributed by atoms with Gasteiger partial charge in [-0.25, -0.2) is 0 Å². The third-order valence-electron chi connectivity index (χ3n) is 4.64. The maximum absolute atomic E-state index is 6.06. The summed E-state index contributed by atoms with van der Waals surface area (Å²) in [6.07, 6.45) is 4.63. The summed E-state index contributed by atoms with van der Waals surface area (Å²) in [4.78, 5) is 2.62. The average Bonchev–Trinajstić information content (AvgIpc) is 2.77. The fraction of sp³-hybridized carbons (Fsp3) is 0.647. The Bertz CT molecular complexity index is 440. The van der Waals surface area contributed by atoms with Gasteiger partial charge in [0, 0.05) is 37.5 Å². The van der Waals surface area contributed by atoms with E-state index in [2.05, 4.69) is 36.1 Å². The van der Waals surface area contributed by atoms with Crippen molar-refractivity contribution in [1.29, 1.82) is 0 Å². The lowest BCUT2D eigenvalue weighted by atomic mass is 9.98. The fourth-order valence-electron chi connectivity index (χ4n) is 3.62. The van der Waals surface area contributed by atoms with Gasteiger partial charge in [0.1, 0.15) is 0 Å². The van der Waals surface area contributed by atoms with Gasteiger partial charge in [-0.15, -0.1) is 0 Å². The molecule has 0 aliphatic carbocycles. The molecule has 3 nitrogen and oxygen atoms in total. The summed E-state index contributed by atoms with van der Waals surface area (Å²) in [7, 11) is 0. The van der Waals surface area contributed by atoms with E-state index < -0.39 is 0 Å². The zero-order valence-electron chi connectivity index (χ0n) is 12.4. The van der Waals surface area contributed by atoms with E-state index in [9.17, 15) is 0 Å². The van der Waals surface area contributed by atoms with Crippen molar-refractivity contribution in [2.24, 2.45) is 11.7 Å². The summed E-state index contributed by atoms with van der Waals surface area (Å²) < 4.78 is 5.49. The first-order valence-electron chi connectivity index (χ1n) is 7.92. The van der Waals surface area contributed by atoms with Crippen molar-refractivity contribution >= 4 is 5.69 Å². The zero-order valence-corrected chi connectivity index (χ0v) is 12.4. The molecule has 2 atom stereocenters.